The lowest BCUT2D eigenvalue weighted by atomic mass is 10.1. The quantitative estimate of drug-likeness (QED) is 0.468. The number of benzene rings is 2. The Morgan fingerprint density at radius 2 is 1.61 bits per heavy atom. The van der Waals surface area contributed by atoms with Crippen LogP contribution in [0.15, 0.2) is 59.6 Å². The lowest BCUT2D eigenvalue weighted by molar-refractivity contribution is -0.176. The number of hydrogen-bond acceptors (Lipinski definition) is 3. The van der Waals surface area contributed by atoms with Gasteiger partial charge in [0.05, 0.1) is 19.7 Å². The summed E-state index contributed by atoms with van der Waals surface area (Å²) in [5.41, 5.74) is 2.60. The van der Waals surface area contributed by atoms with Crippen LogP contribution in [0.5, 0.6) is 0 Å². The Balaban J connectivity index is 1.92. The van der Waals surface area contributed by atoms with Crippen molar-refractivity contribution in [3.63, 3.8) is 0 Å². The van der Waals surface area contributed by atoms with E-state index in [-0.39, 0.29) is 19.1 Å². The van der Waals surface area contributed by atoms with Crippen LogP contribution in [0.25, 0.3) is 0 Å². The van der Waals surface area contributed by atoms with E-state index >= 15 is 0 Å². The van der Waals surface area contributed by atoms with E-state index in [0.717, 1.165) is 11.1 Å². The molecule has 0 unspecified atom stereocenters. The Labute approximate surface area is 180 Å². The standard InChI is InChI=1S/C22H27F3N4O2/c1-29(2)20(30)14-28-21(26-12-17-6-4-3-5-7-17)27-13-18-8-10-19(11-9-18)15-31-16-22(23,24)25/h3-11H,12-16H2,1-2H3,(H2,26,27,28). The van der Waals surface area contributed by atoms with Crippen molar-refractivity contribution in [1.82, 2.24) is 15.5 Å². The van der Waals surface area contributed by atoms with Gasteiger partial charge in [0.2, 0.25) is 5.91 Å². The van der Waals surface area contributed by atoms with Gasteiger partial charge < -0.3 is 20.3 Å². The summed E-state index contributed by atoms with van der Waals surface area (Å²) in [4.78, 5) is 17.9. The summed E-state index contributed by atoms with van der Waals surface area (Å²) >= 11 is 0. The number of nitrogens with one attached hydrogen (secondary N) is 2. The van der Waals surface area contributed by atoms with Gasteiger partial charge in [-0.3, -0.25) is 4.79 Å². The van der Waals surface area contributed by atoms with Gasteiger partial charge in [0, 0.05) is 20.6 Å². The first kappa shape index (κ1) is 24.2. The number of ether oxygens (including phenoxy) is 1. The fraction of sp³-hybridized carbons (Fsp3) is 0.364. The van der Waals surface area contributed by atoms with E-state index in [4.69, 9.17) is 0 Å². The van der Waals surface area contributed by atoms with Crippen molar-refractivity contribution in [2.24, 2.45) is 4.99 Å². The highest BCUT2D eigenvalue weighted by Crippen LogP contribution is 2.15. The summed E-state index contributed by atoms with van der Waals surface area (Å²) in [5, 5.41) is 6.19. The molecule has 0 aliphatic rings. The summed E-state index contributed by atoms with van der Waals surface area (Å²) in [7, 11) is 3.36. The molecular formula is C22H27F3N4O2. The lowest BCUT2D eigenvalue weighted by Crippen LogP contribution is -2.42. The maximum Gasteiger partial charge on any atom is 0.411 e. The van der Waals surface area contributed by atoms with Gasteiger partial charge in [-0.25, -0.2) is 4.99 Å². The lowest BCUT2D eigenvalue weighted by Gasteiger charge is -2.15. The Bertz CT molecular complexity index is 838. The van der Waals surface area contributed by atoms with Gasteiger partial charge in [-0.1, -0.05) is 54.6 Å². The van der Waals surface area contributed by atoms with Crippen molar-refractivity contribution in [2.75, 3.05) is 27.2 Å². The van der Waals surface area contributed by atoms with Crippen LogP contribution in [-0.2, 0) is 29.2 Å². The molecule has 0 aromatic heterocycles. The number of carbonyl (C=O) groups is 1. The number of alkyl halides is 3. The molecule has 2 aromatic carbocycles. The number of carbonyl (C=O) groups excluding carboxylic acids is 1. The number of amides is 1. The van der Waals surface area contributed by atoms with Gasteiger partial charge in [0.25, 0.3) is 0 Å². The summed E-state index contributed by atoms with van der Waals surface area (Å²) in [6.07, 6.45) is -4.33. The Morgan fingerprint density at radius 3 is 2.23 bits per heavy atom. The number of halogens is 3. The highest BCUT2D eigenvalue weighted by atomic mass is 19.4. The molecule has 168 valence electrons. The van der Waals surface area contributed by atoms with E-state index < -0.39 is 12.8 Å². The van der Waals surface area contributed by atoms with Crippen LogP contribution < -0.4 is 10.6 Å². The monoisotopic (exact) mass is 436 g/mol. The molecule has 0 atom stereocenters. The summed E-state index contributed by atoms with van der Waals surface area (Å²) in [5.74, 6) is 0.397. The Hall–Kier alpha value is -3.07. The second kappa shape index (κ2) is 11.9. The fourth-order valence-corrected chi connectivity index (χ4v) is 2.47. The van der Waals surface area contributed by atoms with E-state index in [1.54, 1.807) is 38.4 Å². The second-order valence-corrected chi connectivity index (χ2v) is 7.07. The van der Waals surface area contributed by atoms with Crippen LogP contribution in [0.2, 0.25) is 0 Å². The zero-order valence-electron chi connectivity index (χ0n) is 17.6. The zero-order chi connectivity index (χ0) is 22.7. The minimum absolute atomic E-state index is 0.0857. The molecule has 0 radical (unpaired) electrons. The number of hydrogen-bond donors (Lipinski definition) is 2. The van der Waals surface area contributed by atoms with Crippen molar-refractivity contribution in [1.29, 1.82) is 0 Å². The third-order valence-corrected chi connectivity index (χ3v) is 4.19. The number of guanidine groups is 1. The van der Waals surface area contributed by atoms with Gasteiger partial charge in [0.1, 0.15) is 6.61 Å². The van der Waals surface area contributed by atoms with Crippen LogP contribution >= 0.6 is 0 Å². The first-order chi connectivity index (χ1) is 14.7. The number of nitrogens with zero attached hydrogens (tertiary/aromatic N) is 2. The second-order valence-electron chi connectivity index (χ2n) is 7.07. The molecule has 0 saturated heterocycles. The van der Waals surface area contributed by atoms with Gasteiger partial charge in [0.15, 0.2) is 5.96 Å². The fourth-order valence-electron chi connectivity index (χ4n) is 2.47. The van der Waals surface area contributed by atoms with Crippen molar-refractivity contribution in [3.05, 3.63) is 71.3 Å². The van der Waals surface area contributed by atoms with Crippen LogP contribution in [0.3, 0.4) is 0 Å². The predicted octanol–water partition coefficient (Wildman–Crippen LogP) is 3.09. The number of likely N-dealkylation sites (N-methyl/N-ethyl adjacent to an activating group) is 1. The van der Waals surface area contributed by atoms with Gasteiger partial charge in [-0.05, 0) is 16.7 Å². The van der Waals surface area contributed by atoms with E-state index in [1.807, 2.05) is 30.3 Å². The summed E-state index contributed by atoms with van der Waals surface area (Å²) in [6.45, 7) is -0.397. The first-order valence-corrected chi connectivity index (χ1v) is 9.71. The molecule has 6 nitrogen and oxygen atoms in total. The predicted molar refractivity (Wildman–Crippen MR) is 113 cm³/mol. The van der Waals surface area contributed by atoms with Crippen LogP contribution in [-0.4, -0.2) is 50.2 Å². The van der Waals surface area contributed by atoms with Crippen LogP contribution in [0.1, 0.15) is 16.7 Å². The van der Waals surface area contributed by atoms with E-state index in [0.29, 0.717) is 24.6 Å². The molecule has 2 rings (SSSR count). The maximum absolute atomic E-state index is 12.2. The van der Waals surface area contributed by atoms with Crippen molar-refractivity contribution >= 4 is 11.9 Å². The Kier molecular flexibility index (Phi) is 9.33. The maximum atomic E-state index is 12.2. The third kappa shape index (κ3) is 9.99. The highest BCUT2D eigenvalue weighted by Gasteiger charge is 2.27. The molecule has 0 aliphatic heterocycles. The first-order valence-electron chi connectivity index (χ1n) is 9.71. The topological polar surface area (TPSA) is 66.0 Å². The van der Waals surface area contributed by atoms with Crippen molar-refractivity contribution < 1.29 is 22.7 Å². The van der Waals surface area contributed by atoms with E-state index in [2.05, 4.69) is 20.4 Å². The van der Waals surface area contributed by atoms with Gasteiger partial charge >= 0.3 is 6.18 Å². The van der Waals surface area contributed by atoms with E-state index in [1.165, 1.54) is 4.90 Å². The molecule has 2 aromatic rings. The summed E-state index contributed by atoms with van der Waals surface area (Å²) in [6, 6.07) is 16.8. The molecule has 0 aliphatic carbocycles. The molecular weight excluding hydrogens is 409 g/mol. The van der Waals surface area contributed by atoms with Crippen LogP contribution in [0.4, 0.5) is 13.2 Å². The molecule has 31 heavy (non-hydrogen) atoms. The molecule has 9 heteroatoms. The zero-order valence-corrected chi connectivity index (χ0v) is 17.6. The minimum atomic E-state index is -4.33. The third-order valence-electron chi connectivity index (χ3n) is 4.19. The van der Waals surface area contributed by atoms with Crippen molar-refractivity contribution in [2.45, 2.75) is 25.9 Å². The molecule has 0 fully saturated rings. The molecule has 0 bridgehead atoms. The van der Waals surface area contributed by atoms with Crippen LogP contribution in [0, 0.1) is 0 Å². The summed E-state index contributed by atoms with van der Waals surface area (Å²) < 4.78 is 41.1. The molecule has 2 N–H and O–H groups in total. The smallest absolute Gasteiger partial charge is 0.367 e. The highest BCUT2D eigenvalue weighted by molar-refractivity contribution is 5.86. The van der Waals surface area contributed by atoms with E-state index in [9.17, 15) is 18.0 Å². The van der Waals surface area contributed by atoms with Gasteiger partial charge in [-0.15, -0.1) is 0 Å². The average molecular weight is 436 g/mol. The minimum Gasteiger partial charge on any atom is -0.367 e. The Morgan fingerprint density at radius 1 is 0.968 bits per heavy atom. The largest absolute Gasteiger partial charge is 0.411 e. The average Bonchev–Trinajstić information content (AvgIpc) is 2.73. The molecule has 1 amide bonds. The van der Waals surface area contributed by atoms with Gasteiger partial charge in [-0.2, -0.15) is 13.2 Å². The molecule has 0 heterocycles. The SMILES string of the molecule is CN(C)C(=O)CNC(=NCc1ccccc1)NCc1ccc(COCC(F)(F)F)cc1. The molecule has 0 spiro atoms. The van der Waals surface area contributed by atoms with Crippen molar-refractivity contribution in [3.8, 4) is 0 Å². The number of aliphatic imine (C=N–C) groups is 1. The molecule has 0 saturated carbocycles. The number of rotatable bonds is 9. The normalized spacial score (nSPS) is 11.8.